The maximum absolute atomic E-state index is 12.8. The number of nitrogen functional groups attached to an aromatic ring is 1. The van der Waals surface area contributed by atoms with E-state index < -0.39 is 11.5 Å². The lowest BCUT2D eigenvalue weighted by atomic mass is 9.53. The van der Waals surface area contributed by atoms with E-state index in [2.05, 4.69) is 15.4 Å². The SMILES string of the molecule is CC(C)(O)COc1ccc2c(CC(=O)NC3CC4(C3)CC(Oc3cc(-c5cccc(N)n5)ccc3C(N)=O)C4)cnn2c1. The van der Waals surface area contributed by atoms with Gasteiger partial charge in [0, 0.05) is 17.2 Å². The first kappa shape index (κ1) is 28.5. The first-order chi connectivity index (χ1) is 20.5. The maximum atomic E-state index is 12.8. The van der Waals surface area contributed by atoms with Gasteiger partial charge in [-0.3, -0.25) is 9.59 Å². The number of anilines is 1. The summed E-state index contributed by atoms with van der Waals surface area (Å²) in [6.07, 6.45) is 7.13. The van der Waals surface area contributed by atoms with Gasteiger partial charge in [0.1, 0.15) is 23.9 Å². The van der Waals surface area contributed by atoms with Crippen molar-refractivity contribution < 1.29 is 24.2 Å². The monoisotopic (exact) mass is 584 g/mol. The molecule has 11 heteroatoms. The molecule has 0 bridgehead atoms. The van der Waals surface area contributed by atoms with Crippen LogP contribution in [0.4, 0.5) is 5.82 Å². The Labute approximate surface area is 249 Å². The fourth-order valence-corrected chi connectivity index (χ4v) is 6.14. The molecular weight excluding hydrogens is 548 g/mol. The minimum absolute atomic E-state index is 0.0325. The van der Waals surface area contributed by atoms with Crippen LogP contribution < -0.4 is 26.3 Å². The third-order valence-corrected chi connectivity index (χ3v) is 8.16. The number of carbonyl (C=O) groups excluding carboxylic acids is 2. The molecule has 2 aliphatic rings. The summed E-state index contributed by atoms with van der Waals surface area (Å²) in [5.41, 5.74) is 14.1. The average molecular weight is 585 g/mol. The van der Waals surface area contributed by atoms with E-state index >= 15 is 0 Å². The smallest absolute Gasteiger partial charge is 0.252 e. The van der Waals surface area contributed by atoms with Crippen LogP contribution >= 0.6 is 0 Å². The molecule has 2 aliphatic carbocycles. The number of nitrogens with one attached hydrogen (secondary N) is 1. The number of primary amides is 1. The van der Waals surface area contributed by atoms with Crippen molar-refractivity contribution in [2.45, 2.75) is 63.7 Å². The normalized spacial score (nSPS) is 21.2. The lowest BCUT2D eigenvalue weighted by Gasteiger charge is -2.57. The molecule has 4 aromatic rings. The Kier molecular flexibility index (Phi) is 7.21. The number of aliphatic hydroxyl groups is 1. The van der Waals surface area contributed by atoms with Gasteiger partial charge in [0.25, 0.3) is 5.91 Å². The fraction of sp³-hybridized carbons (Fsp3) is 0.375. The molecule has 0 unspecified atom stereocenters. The summed E-state index contributed by atoms with van der Waals surface area (Å²) in [6.45, 7) is 3.52. The summed E-state index contributed by atoms with van der Waals surface area (Å²) in [6, 6.07) is 14.4. The Morgan fingerprint density at radius 3 is 2.65 bits per heavy atom. The number of ether oxygens (including phenoxy) is 2. The van der Waals surface area contributed by atoms with Crippen molar-refractivity contribution in [2.75, 3.05) is 12.3 Å². The van der Waals surface area contributed by atoms with Gasteiger partial charge in [0.15, 0.2) is 0 Å². The molecule has 1 aromatic carbocycles. The molecule has 2 saturated carbocycles. The Hall–Kier alpha value is -4.64. The van der Waals surface area contributed by atoms with Crippen molar-refractivity contribution >= 4 is 23.1 Å². The van der Waals surface area contributed by atoms with Gasteiger partial charge in [-0.1, -0.05) is 12.1 Å². The van der Waals surface area contributed by atoms with E-state index in [-0.39, 0.29) is 36.5 Å². The average Bonchev–Trinajstić information content (AvgIpc) is 3.30. The Balaban J connectivity index is 1.00. The van der Waals surface area contributed by atoms with Gasteiger partial charge in [-0.25, -0.2) is 9.50 Å². The van der Waals surface area contributed by atoms with Crippen molar-refractivity contribution in [3.8, 4) is 22.8 Å². The molecule has 0 radical (unpaired) electrons. The van der Waals surface area contributed by atoms with Crippen molar-refractivity contribution in [1.82, 2.24) is 19.9 Å². The minimum atomic E-state index is -0.938. The molecule has 2 fully saturated rings. The highest BCUT2D eigenvalue weighted by Gasteiger charge is 2.54. The number of fused-ring (bicyclic) bond motifs is 1. The van der Waals surface area contributed by atoms with Crippen molar-refractivity contribution in [3.63, 3.8) is 0 Å². The highest BCUT2D eigenvalue weighted by molar-refractivity contribution is 5.96. The standard InChI is InChI=1S/C32H36N6O5/c1-31(2,41)18-42-22-7-9-26-20(16-35-38(26)17-22)11-29(39)36-21-12-32(13-21)14-23(15-32)43-27-10-19(6-8-24(27)30(34)40)25-4-3-5-28(33)37-25/h3-10,16-17,21,23,41H,11-15,18H2,1-2H3,(H2,33,37)(H2,34,40)(H,36,39). The third-order valence-electron chi connectivity index (χ3n) is 8.16. The quantitative estimate of drug-likeness (QED) is 0.220. The second-order valence-electron chi connectivity index (χ2n) is 12.5. The van der Waals surface area contributed by atoms with Crippen molar-refractivity contribution in [1.29, 1.82) is 0 Å². The zero-order valence-corrected chi connectivity index (χ0v) is 24.2. The largest absolute Gasteiger partial charge is 0.490 e. The lowest BCUT2D eigenvalue weighted by molar-refractivity contribution is -0.126. The Bertz CT molecular complexity index is 1680. The number of rotatable bonds is 10. The summed E-state index contributed by atoms with van der Waals surface area (Å²) in [5.74, 6) is 0.861. The van der Waals surface area contributed by atoms with E-state index in [1.807, 2.05) is 24.3 Å². The fourth-order valence-electron chi connectivity index (χ4n) is 6.14. The van der Waals surface area contributed by atoms with E-state index in [1.54, 1.807) is 55.0 Å². The van der Waals surface area contributed by atoms with Crippen LogP contribution in [-0.2, 0) is 11.2 Å². The molecule has 3 heterocycles. The number of pyridine rings is 2. The van der Waals surface area contributed by atoms with E-state index in [1.165, 1.54) is 0 Å². The number of amides is 2. The molecule has 0 aliphatic heterocycles. The van der Waals surface area contributed by atoms with E-state index in [0.29, 0.717) is 28.6 Å². The molecule has 3 aromatic heterocycles. The van der Waals surface area contributed by atoms with Gasteiger partial charge in [0.05, 0.1) is 47.3 Å². The molecule has 6 N–H and O–H groups in total. The number of hydrogen-bond donors (Lipinski definition) is 4. The summed E-state index contributed by atoms with van der Waals surface area (Å²) in [7, 11) is 0. The van der Waals surface area contributed by atoms with Crippen molar-refractivity contribution in [3.05, 3.63) is 72.1 Å². The molecule has 224 valence electrons. The molecule has 0 saturated heterocycles. The summed E-state index contributed by atoms with van der Waals surface area (Å²) in [4.78, 5) is 29.3. The van der Waals surface area contributed by atoms with Gasteiger partial charge in [-0.05, 0) is 81.3 Å². The number of benzene rings is 1. The minimum Gasteiger partial charge on any atom is -0.490 e. The second-order valence-corrected chi connectivity index (χ2v) is 12.5. The second kappa shape index (κ2) is 10.9. The van der Waals surface area contributed by atoms with Gasteiger partial charge in [-0.15, -0.1) is 0 Å². The molecule has 11 nitrogen and oxygen atoms in total. The number of nitrogens with zero attached hydrogens (tertiary/aromatic N) is 3. The van der Waals surface area contributed by atoms with E-state index in [9.17, 15) is 14.7 Å². The predicted molar refractivity (Wildman–Crippen MR) is 161 cm³/mol. The molecule has 43 heavy (non-hydrogen) atoms. The first-order valence-corrected chi connectivity index (χ1v) is 14.4. The van der Waals surface area contributed by atoms with Gasteiger partial charge >= 0.3 is 0 Å². The number of aromatic nitrogens is 3. The molecule has 0 atom stereocenters. The highest BCUT2D eigenvalue weighted by atomic mass is 16.5. The van der Waals surface area contributed by atoms with Crippen LogP contribution in [0, 0.1) is 5.41 Å². The first-order valence-electron chi connectivity index (χ1n) is 14.4. The summed E-state index contributed by atoms with van der Waals surface area (Å²) in [5, 5.41) is 17.4. The Morgan fingerprint density at radius 2 is 1.93 bits per heavy atom. The predicted octanol–water partition coefficient (Wildman–Crippen LogP) is 3.28. The number of nitrogens with two attached hydrogens (primary N) is 2. The van der Waals surface area contributed by atoms with Crippen LogP contribution in [0.5, 0.6) is 11.5 Å². The molecule has 2 amide bonds. The van der Waals surface area contributed by atoms with Gasteiger partial charge in [0.2, 0.25) is 5.91 Å². The van der Waals surface area contributed by atoms with E-state index in [0.717, 1.165) is 42.3 Å². The van der Waals surface area contributed by atoms with Crippen LogP contribution in [0.3, 0.4) is 0 Å². The van der Waals surface area contributed by atoms with E-state index in [4.69, 9.17) is 20.9 Å². The van der Waals surface area contributed by atoms with Crippen LogP contribution in [0.25, 0.3) is 16.8 Å². The van der Waals surface area contributed by atoms with Crippen LogP contribution in [0.15, 0.2) is 60.9 Å². The summed E-state index contributed by atoms with van der Waals surface area (Å²) >= 11 is 0. The Morgan fingerprint density at radius 1 is 1.14 bits per heavy atom. The van der Waals surface area contributed by atoms with Crippen molar-refractivity contribution in [2.24, 2.45) is 11.1 Å². The summed E-state index contributed by atoms with van der Waals surface area (Å²) < 4.78 is 13.6. The number of carbonyl (C=O) groups is 2. The van der Waals surface area contributed by atoms with Gasteiger partial charge in [-0.2, -0.15) is 5.10 Å². The lowest BCUT2D eigenvalue weighted by Crippen LogP contribution is -2.59. The zero-order valence-electron chi connectivity index (χ0n) is 24.2. The number of hydrogen-bond acceptors (Lipinski definition) is 8. The van der Waals surface area contributed by atoms with Crippen LogP contribution in [-0.4, -0.2) is 55.9 Å². The maximum Gasteiger partial charge on any atom is 0.252 e. The topological polar surface area (TPSA) is 167 Å². The van der Waals surface area contributed by atoms with Crippen LogP contribution in [0.2, 0.25) is 0 Å². The highest BCUT2D eigenvalue weighted by Crippen LogP contribution is 2.57. The van der Waals surface area contributed by atoms with Gasteiger partial charge < -0.3 is 31.4 Å². The molecule has 1 spiro atoms. The van der Waals surface area contributed by atoms with Crippen LogP contribution in [0.1, 0.15) is 55.5 Å². The molecular formula is C32H36N6O5. The zero-order chi connectivity index (χ0) is 30.4. The third kappa shape index (κ3) is 6.26. The molecule has 6 rings (SSSR count).